The lowest BCUT2D eigenvalue weighted by molar-refractivity contribution is 0.175. The number of benzene rings is 1. The van der Waals surface area contributed by atoms with Crippen molar-refractivity contribution in [1.29, 1.82) is 0 Å². The first-order valence-electron chi connectivity index (χ1n) is 9.64. The molecule has 0 radical (unpaired) electrons. The van der Waals surface area contributed by atoms with Gasteiger partial charge in [-0.25, -0.2) is 0 Å². The summed E-state index contributed by atoms with van der Waals surface area (Å²) >= 11 is 0. The van der Waals surface area contributed by atoms with Crippen LogP contribution in [0, 0.1) is 0 Å². The highest BCUT2D eigenvalue weighted by Crippen LogP contribution is 2.14. The fourth-order valence-corrected chi connectivity index (χ4v) is 3.17. The van der Waals surface area contributed by atoms with Gasteiger partial charge in [0.15, 0.2) is 0 Å². The molecule has 27 heavy (non-hydrogen) atoms. The van der Waals surface area contributed by atoms with Crippen LogP contribution < -0.4 is 5.32 Å². The Morgan fingerprint density at radius 2 is 2.11 bits per heavy atom. The highest BCUT2D eigenvalue weighted by atomic mass is 16.5. The van der Waals surface area contributed by atoms with Crippen molar-refractivity contribution in [1.82, 2.24) is 10.2 Å². The maximum absolute atomic E-state index is 9.14. The molecule has 0 aliphatic carbocycles. The van der Waals surface area contributed by atoms with Crippen LogP contribution in [0.3, 0.4) is 0 Å². The summed E-state index contributed by atoms with van der Waals surface area (Å²) in [5.74, 6) is 0.769. The highest BCUT2D eigenvalue weighted by Gasteiger charge is 2.18. The summed E-state index contributed by atoms with van der Waals surface area (Å²) < 4.78 is 5.91. The van der Waals surface area contributed by atoms with Crippen molar-refractivity contribution in [2.45, 2.75) is 25.5 Å². The van der Waals surface area contributed by atoms with E-state index in [1.165, 1.54) is 5.57 Å². The van der Waals surface area contributed by atoms with Gasteiger partial charge in [-0.05, 0) is 36.1 Å². The smallest absolute Gasteiger partial charge is 0.119 e. The molecule has 1 aliphatic rings. The zero-order valence-corrected chi connectivity index (χ0v) is 16.1. The predicted octanol–water partition coefficient (Wildman–Crippen LogP) is 3.43. The summed E-state index contributed by atoms with van der Waals surface area (Å²) in [6.45, 7) is 12.4. The van der Waals surface area contributed by atoms with E-state index < -0.39 is 0 Å². The number of rotatable bonds is 11. The average Bonchev–Trinajstić information content (AvgIpc) is 2.70. The molecule has 2 N–H and O–H groups in total. The minimum absolute atomic E-state index is 0.233. The van der Waals surface area contributed by atoms with Crippen molar-refractivity contribution < 1.29 is 9.84 Å². The van der Waals surface area contributed by atoms with Crippen LogP contribution in [0.25, 0.3) is 0 Å². The molecule has 2 rings (SSSR count). The van der Waals surface area contributed by atoms with Gasteiger partial charge in [-0.2, -0.15) is 0 Å². The molecule has 0 spiro atoms. The van der Waals surface area contributed by atoms with E-state index in [1.807, 2.05) is 48.6 Å². The molecule has 0 saturated carbocycles. The zero-order valence-electron chi connectivity index (χ0n) is 16.1. The van der Waals surface area contributed by atoms with E-state index in [-0.39, 0.29) is 6.61 Å². The van der Waals surface area contributed by atoms with Gasteiger partial charge in [0.1, 0.15) is 12.4 Å². The van der Waals surface area contributed by atoms with Gasteiger partial charge >= 0.3 is 0 Å². The molecule has 1 aromatic carbocycles. The molecular weight excluding hydrogens is 336 g/mol. The molecule has 1 saturated heterocycles. The third-order valence-electron chi connectivity index (χ3n) is 4.64. The Morgan fingerprint density at radius 1 is 1.30 bits per heavy atom. The molecule has 1 fully saturated rings. The standard InChI is InChI=1S/C23H32N2O2/c1-3-8-20(11-14-25-15-13-24-22(18-25)12-16-26)17-23(4-2)27-19-21-9-6-5-7-10-21/h3-10,17,22,24,26H,1-2,11-16,18-19H2/b20-8-,23-17+. The van der Waals surface area contributed by atoms with Crippen LogP contribution in [0.1, 0.15) is 18.4 Å². The fraction of sp³-hybridized carbons (Fsp3) is 0.391. The highest BCUT2D eigenvalue weighted by molar-refractivity contribution is 5.29. The number of piperazine rings is 1. The van der Waals surface area contributed by atoms with Gasteiger partial charge in [-0.15, -0.1) is 0 Å². The Morgan fingerprint density at radius 3 is 2.81 bits per heavy atom. The summed E-state index contributed by atoms with van der Waals surface area (Å²) in [5.41, 5.74) is 2.31. The van der Waals surface area contributed by atoms with Gasteiger partial charge in [-0.1, -0.05) is 55.6 Å². The molecule has 4 heteroatoms. The lowest BCUT2D eigenvalue weighted by Gasteiger charge is -2.33. The van der Waals surface area contributed by atoms with Crippen molar-refractivity contribution in [2.24, 2.45) is 0 Å². The molecule has 1 unspecified atom stereocenters. The monoisotopic (exact) mass is 368 g/mol. The van der Waals surface area contributed by atoms with Gasteiger partial charge < -0.3 is 20.1 Å². The Balaban J connectivity index is 1.90. The predicted molar refractivity (Wildman–Crippen MR) is 112 cm³/mol. The molecule has 4 nitrogen and oxygen atoms in total. The Hall–Kier alpha value is -2.14. The second-order valence-electron chi connectivity index (χ2n) is 6.72. The molecule has 146 valence electrons. The lowest BCUT2D eigenvalue weighted by Crippen LogP contribution is -2.51. The van der Waals surface area contributed by atoms with Crippen molar-refractivity contribution in [3.8, 4) is 0 Å². The zero-order chi connectivity index (χ0) is 19.3. The molecule has 1 aliphatic heterocycles. The van der Waals surface area contributed by atoms with E-state index in [0.717, 1.165) is 50.3 Å². The van der Waals surface area contributed by atoms with Crippen LogP contribution in [-0.2, 0) is 11.3 Å². The number of allylic oxidation sites excluding steroid dienone is 4. The number of aliphatic hydroxyl groups is 1. The normalized spacial score (nSPS) is 18.9. The summed E-state index contributed by atoms with van der Waals surface area (Å²) in [6, 6.07) is 10.5. The number of ether oxygens (including phenoxy) is 1. The average molecular weight is 369 g/mol. The van der Waals surface area contributed by atoms with E-state index >= 15 is 0 Å². The fourth-order valence-electron chi connectivity index (χ4n) is 3.17. The molecular formula is C23H32N2O2. The molecule has 0 bridgehead atoms. The lowest BCUT2D eigenvalue weighted by atomic mass is 10.1. The molecule has 0 aromatic heterocycles. The van der Waals surface area contributed by atoms with Crippen LogP contribution in [0.4, 0.5) is 0 Å². The van der Waals surface area contributed by atoms with Crippen molar-refractivity contribution in [2.75, 3.05) is 32.8 Å². The van der Waals surface area contributed by atoms with Gasteiger partial charge in [0.2, 0.25) is 0 Å². The Kier molecular flexibility index (Phi) is 9.63. The van der Waals surface area contributed by atoms with Crippen LogP contribution in [0.15, 0.2) is 79.1 Å². The number of hydrogen-bond donors (Lipinski definition) is 2. The Labute approximate surface area is 163 Å². The number of aliphatic hydroxyl groups excluding tert-OH is 1. The maximum Gasteiger partial charge on any atom is 0.119 e. The quantitative estimate of drug-likeness (QED) is 0.464. The minimum Gasteiger partial charge on any atom is -0.489 e. The first kappa shape index (κ1) is 21.2. The summed E-state index contributed by atoms with van der Waals surface area (Å²) in [5, 5.41) is 12.6. The van der Waals surface area contributed by atoms with E-state index in [0.29, 0.717) is 12.6 Å². The summed E-state index contributed by atoms with van der Waals surface area (Å²) in [6.07, 6.45) is 9.37. The topological polar surface area (TPSA) is 44.7 Å². The SMILES string of the molecule is C=C/C=C(\C=C(/C=C)OCc1ccccc1)CCN1CCNC(CCO)C1. The van der Waals surface area contributed by atoms with Crippen molar-refractivity contribution >= 4 is 0 Å². The molecule has 1 heterocycles. The molecule has 0 amide bonds. The van der Waals surface area contributed by atoms with Crippen molar-refractivity contribution in [3.63, 3.8) is 0 Å². The third-order valence-corrected chi connectivity index (χ3v) is 4.64. The minimum atomic E-state index is 0.233. The van der Waals surface area contributed by atoms with Gasteiger partial charge in [0, 0.05) is 38.8 Å². The van der Waals surface area contributed by atoms with E-state index in [9.17, 15) is 0 Å². The first-order valence-corrected chi connectivity index (χ1v) is 9.64. The maximum atomic E-state index is 9.14. The summed E-state index contributed by atoms with van der Waals surface area (Å²) in [4.78, 5) is 2.44. The van der Waals surface area contributed by atoms with E-state index in [2.05, 4.69) is 23.4 Å². The van der Waals surface area contributed by atoms with Crippen LogP contribution in [0.2, 0.25) is 0 Å². The number of nitrogens with one attached hydrogen (secondary N) is 1. The van der Waals surface area contributed by atoms with Gasteiger partial charge in [0.25, 0.3) is 0 Å². The third kappa shape index (κ3) is 7.95. The number of hydrogen-bond acceptors (Lipinski definition) is 4. The van der Waals surface area contributed by atoms with E-state index in [4.69, 9.17) is 9.84 Å². The van der Waals surface area contributed by atoms with Gasteiger partial charge in [0.05, 0.1) is 0 Å². The second-order valence-corrected chi connectivity index (χ2v) is 6.72. The van der Waals surface area contributed by atoms with Gasteiger partial charge in [-0.3, -0.25) is 0 Å². The second kappa shape index (κ2) is 12.3. The van der Waals surface area contributed by atoms with Crippen molar-refractivity contribution in [3.05, 3.63) is 84.7 Å². The van der Waals surface area contributed by atoms with Crippen LogP contribution in [-0.4, -0.2) is 48.8 Å². The van der Waals surface area contributed by atoms with E-state index in [1.54, 1.807) is 6.08 Å². The summed E-state index contributed by atoms with van der Waals surface area (Å²) in [7, 11) is 0. The molecule has 1 atom stereocenters. The largest absolute Gasteiger partial charge is 0.489 e. The number of nitrogens with zero attached hydrogens (tertiary/aromatic N) is 1. The Bertz CT molecular complexity index is 635. The first-order chi connectivity index (χ1) is 13.2. The van der Waals surface area contributed by atoms with Crippen LogP contribution >= 0.6 is 0 Å². The van der Waals surface area contributed by atoms with Crippen LogP contribution in [0.5, 0.6) is 0 Å². The molecule has 1 aromatic rings.